The van der Waals surface area contributed by atoms with Gasteiger partial charge in [-0.1, -0.05) is 11.6 Å². The molecule has 33 heavy (non-hydrogen) atoms. The number of rotatable bonds is 7. The van der Waals surface area contributed by atoms with E-state index in [1.54, 1.807) is 0 Å². The largest absolute Gasteiger partial charge is 0.480 e. The van der Waals surface area contributed by atoms with Crippen LogP contribution in [-0.2, 0) is 29.2 Å². The summed E-state index contributed by atoms with van der Waals surface area (Å²) in [4.78, 5) is 11.3. The van der Waals surface area contributed by atoms with Crippen molar-refractivity contribution in [3.8, 4) is 0 Å². The van der Waals surface area contributed by atoms with Crippen LogP contribution in [0.15, 0.2) is 47.4 Å². The summed E-state index contributed by atoms with van der Waals surface area (Å²) in [5.74, 6) is -3.54. The highest BCUT2D eigenvalue weighted by molar-refractivity contribution is 7.92. The predicted octanol–water partition coefficient (Wildman–Crippen LogP) is 4.37. The number of carboxylic acid groups (broad SMARTS) is 1. The van der Waals surface area contributed by atoms with Crippen LogP contribution in [0, 0.1) is 17.6 Å². The van der Waals surface area contributed by atoms with Crippen molar-refractivity contribution in [1.29, 1.82) is 0 Å². The fourth-order valence-corrected chi connectivity index (χ4v) is 7.79. The van der Waals surface area contributed by atoms with Crippen LogP contribution in [0.2, 0.25) is 5.02 Å². The van der Waals surface area contributed by atoms with Gasteiger partial charge in [0.05, 0.1) is 4.90 Å². The molecule has 1 aliphatic rings. The minimum absolute atomic E-state index is 0.103. The quantitative estimate of drug-likeness (QED) is 0.581. The Morgan fingerprint density at radius 1 is 1.09 bits per heavy atom. The minimum atomic E-state index is -4.23. The van der Waals surface area contributed by atoms with E-state index in [0.29, 0.717) is 5.02 Å². The molecular weight excluding hydrogens is 498 g/mol. The molecule has 2 aromatic carbocycles. The third-order valence-electron chi connectivity index (χ3n) is 6.31. The highest BCUT2D eigenvalue weighted by Crippen LogP contribution is 2.50. The van der Waals surface area contributed by atoms with Crippen molar-refractivity contribution >= 4 is 37.2 Å². The molecule has 11 heteroatoms. The lowest BCUT2D eigenvalue weighted by atomic mass is 9.76. The monoisotopic (exact) mass is 520 g/mol. The lowest BCUT2D eigenvalue weighted by molar-refractivity contribution is -0.136. The van der Waals surface area contributed by atoms with E-state index in [9.17, 15) is 35.5 Å². The fraction of sp³-hybridized carbons (Fsp3) is 0.409. The van der Waals surface area contributed by atoms with Crippen molar-refractivity contribution in [1.82, 2.24) is 0 Å². The summed E-state index contributed by atoms with van der Waals surface area (Å²) in [6.45, 7) is 0. The summed E-state index contributed by atoms with van der Waals surface area (Å²) in [5.41, 5.74) is -0.297. The van der Waals surface area contributed by atoms with E-state index in [0.717, 1.165) is 24.5 Å². The first kappa shape index (κ1) is 25.6. The van der Waals surface area contributed by atoms with Gasteiger partial charge in [0.15, 0.2) is 24.9 Å². The Morgan fingerprint density at radius 2 is 1.67 bits per heavy atom. The lowest BCUT2D eigenvalue weighted by Gasteiger charge is -2.40. The highest BCUT2D eigenvalue weighted by atomic mass is 35.5. The summed E-state index contributed by atoms with van der Waals surface area (Å²) < 4.78 is 78.4. The molecule has 0 amide bonds. The summed E-state index contributed by atoms with van der Waals surface area (Å²) in [7, 11) is -8.10. The zero-order valence-corrected chi connectivity index (χ0v) is 20.1. The van der Waals surface area contributed by atoms with Gasteiger partial charge in [-0.05, 0) is 80.5 Å². The maximum atomic E-state index is 14.9. The Kier molecular flexibility index (Phi) is 7.21. The second-order valence-corrected chi connectivity index (χ2v) is 13.3. The second kappa shape index (κ2) is 9.31. The van der Waals surface area contributed by atoms with Crippen LogP contribution in [0.3, 0.4) is 0 Å². The molecular formula is C22H23ClF2O6S2. The molecule has 1 fully saturated rings. The Labute approximate surface area is 196 Å². The number of benzene rings is 2. The van der Waals surface area contributed by atoms with Gasteiger partial charge in [-0.2, -0.15) is 0 Å². The molecule has 2 aromatic rings. The lowest BCUT2D eigenvalue weighted by Crippen LogP contribution is -2.42. The Hall–Kier alpha value is -2.04. The maximum absolute atomic E-state index is 14.9. The number of carboxylic acids is 1. The topological polar surface area (TPSA) is 106 Å². The molecule has 180 valence electrons. The van der Waals surface area contributed by atoms with E-state index < -0.39 is 53.2 Å². The summed E-state index contributed by atoms with van der Waals surface area (Å²) in [5, 5.41) is 8.00. The summed E-state index contributed by atoms with van der Waals surface area (Å²) in [6.07, 6.45) is 0.658. The highest BCUT2D eigenvalue weighted by Gasteiger charge is 2.50. The van der Waals surface area contributed by atoms with E-state index in [2.05, 4.69) is 0 Å². The summed E-state index contributed by atoms with van der Waals surface area (Å²) >= 11 is 5.87. The van der Waals surface area contributed by atoms with Gasteiger partial charge in [0.25, 0.3) is 0 Å². The Morgan fingerprint density at radius 3 is 2.18 bits per heavy atom. The van der Waals surface area contributed by atoms with Crippen LogP contribution in [0.5, 0.6) is 0 Å². The van der Waals surface area contributed by atoms with Crippen LogP contribution >= 0.6 is 11.6 Å². The predicted molar refractivity (Wildman–Crippen MR) is 120 cm³/mol. The van der Waals surface area contributed by atoms with Crippen LogP contribution in [-0.4, -0.2) is 39.4 Å². The molecule has 3 rings (SSSR count). The van der Waals surface area contributed by atoms with Crippen molar-refractivity contribution in [3.63, 3.8) is 0 Å². The standard InChI is InChI=1S/C22H23ClF2O6S2/c1-32(28,29)20(21(26)27)12-14-8-10-22(11-9-14,18-13-16(24)4-7-19(18)25)33(30,31)17-5-2-15(23)3-6-17/h2-7,13-14,20H,8-12H2,1H3,(H,26,27). The minimum Gasteiger partial charge on any atom is -0.480 e. The van der Waals surface area contributed by atoms with Gasteiger partial charge in [-0.3, -0.25) is 4.79 Å². The van der Waals surface area contributed by atoms with E-state index in [1.807, 2.05) is 0 Å². The smallest absolute Gasteiger partial charge is 0.321 e. The third kappa shape index (κ3) is 5.07. The molecule has 0 aromatic heterocycles. The van der Waals surface area contributed by atoms with E-state index in [1.165, 1.54) is 24.3 Å². The average Bonchev–Trinajstić information content (AvgIpc) is 2.73. The molecule has 0 aliphatic heterocycles. The van der Waals surface area contributed by atoms with Gasteiger partial charge < -0.3 is 5.11 Å². The molecule has 1 aliphatic carbocycles. The van der Waals surface area contributed by atoms with Crippen LogP contribution in [0.1, 0.15) is 37.7 Å². The van der Waals surface area contributed by atoms with Gasteiger partial charge in [0, 0.05) is 16.8 Å². The van der Waals surface area contributed by atoms with Crippen LogP contribution in [0.25, 0.3) is 0 Å². The van der Waals surface area contributed by atoms with Crippen molar-refractivity contribution in [2.75, 3.05) is 6.26 Å². The van der Waals surface area contributed by atoms with Gasteiger partial charge >= 0.3 is 5.97 Å². The molecule has 0 spiro atoms. The van der Waals surface area contributed by atoms with E-state index >= 15 is 0 Å². The number of halogens is 3. The van der Waals surface area contributed by atoms with Crippen molar-refractivity contribution in [2.24, 2.45) is 5.92 Å². The summed E-state index contributed by atoms with van der Waals surface area (Å²) in [6, 6.07) is 8.02. The normalized spacial score (nSPS) is 22.6. The molecule has 1 unspecified atom stereocenters. The first-order chi connectivity index (χ1) is 15.3. The van der Waals surface area contributed by atoms with Crippen molar-refractivity contribution < 1.29 is 35.5 Å². The SMILES string of the molecule is CS(=O)(=O)C(CC1CCC(c2cc(F)ccc2F)(S(=O)(=O)c2ccc(Cl)cc2)CC1)C(=O)O. The third-order valence-corrected chi connectivity index (χ3v) is 10.5. The molecule has 1 atom stereocenters. The van der Waals surface area contributed by atoms with Crippen LogP contribution in [0.4, 0.5) is 8.78 Å². The van der Waals surface area contributed by atoms with Gasteiger partial charge in [0.2, 0.25) is 0 Å². The molecule has 1 saturated carbocycles. The molecule has 6 nitrogen and oxygen atoms in total. The molecule has 0 bridgehead atoms. The first-order valence-electron chi connectivity index (χ1n) is 10.2. The number of aliphatic carboxylic acids is 1. The van der Waals surface area contributed by atoms with Gasteiger partial charge in [-0.15, -0.1) is 0 Å². The Bertz CT molecular complexity index is 1250. The molecule has 1 N–H and O–H groups in total. The number of carbonyl (C=O) groups is 1. The second-order valence-electron chi connectivity index (χ2n) is 8.41. The number of hydrogen-bond acceptors (Lipinski definition) is 5. The zero-order chi connectivity index (χ0) is 24.6. The average molecular weight is 521 g/mol. The maximum Gasteiger partial charge on any atom is 0.321 e. The van der Waals surface area contributed by atoms with Gasteiger partial charge in [0.1, 0.15) is 16.4 Å². The van der Waals surface area contributed by atoms with Gasteiger partial charge in [-0.25, -0.2) is 25.6 Å². The molecule has 0 saturated heterocycles. The van der Waals surface area contributed by atoms with Crippen molar-refractivity contribution in [2.45, 2.75) is 47.0 Å². The van der Waals surface area contributed by atoms with Crippen LogP contribution < -0.4 is 0 Å². The molecule has 0 radical (unpaired) electrons. The van der Waals surface area contributed by atoms with Crippen molar-refractivity contribution in [3.05, 3.63) is 64.7 Å². The van der Waals surface area contributed by atoms with E-state index in [4.69, 9.17) is 11.6 Å². The number of sulfone groups is 2. The fourth-order valence-electron chi connectivity index (χ4n) is 4.51. The number of hydrogen-bond donors (Lipinski definition) is 1. The first-order valence-corrected chi connectivity index (χ1v) is 14.0. The van der Waals surface area contributed by atoms with E-state index in [-0.39, 0.29) is 42.6 Å². The Balaban J connectivity index is 2.04. The zero-order valence-electron chi connectivity index (χ0n) is 17.7. The molecule has 0 heterocycles.